The number of nitrogens with zero attached hydrogens (tertiary/aromatic N) is 1. The minimum absolute atomic E-state index is 0.0422. The molecule has 5 nitrogen and oxygen atoms in total. The van der Waals surface area contributed by atoms with Crippen LogP contribution in [-0.2, 0) is 17.1 Å². The number of rotatable bonds is 3. The highest BCUT2D eigenvalue weighted by Gasteiger charge is 2.41. The average Bonchev–Trinajstić information content (AvgIpc) is 2.90. The molecule has 0 aliphatic carbocycles. The van der Waals surface area contributed by atoms with Crippen molar-refractivity contribution in [3.8, 4) is 0 Å². The first-order valence-electron chi connectivity index (χ1n) is 8.38. The summed E-state index contributed by atoms with van der Waals surface area (Å²) in [6.45, 7) is 1.13. The van der Waals surface area contributed by atoms with Gasteiger partial charge in [0.1, 0.15) is 6.04 Å². The Labute approximate surface area is 165 Å². The lowest BCUT2D eigenvalue weighted by molar-refractivity contribution is -0.143. The fourth-order valence-corrected chi connectivity index (χ4v) is 2.95. The van der Waals surface area contributed by atoms with E-state index in [9.17, 15) is 40.7 Å². The number of halogens is 6. The van der Waals surface area contributed by atoms with Gasteiger partial charge in [-0.1, -0.05) is 12.1 Å². The molecule has 158 valence electrons. The summed E-state index contributed by atoms with van der Waals surface area (Å²) in [7, 11) is 0. The number of anilines is 1. The minimum atomic E-state index is -5.09. The van der Waals surface area contributed by atoms with E-state index in [1.807, 2.05) is 5.32 Å². The normalized spacial score (nSPS) is 15.2. The maximum atomic E-state index is 13.0. The van der Waals surface area contributed by atoms with Crippen molar-refractivity contribution in [2.24, 2.45) is 0 Å². The van der Waals surface area contributed by atoms with Crippen molar-refractivity contribution in [3.63, 3.8) is 0 Å². The monoisotopic (exact) mass is 430 g/mol. The van der Waals surface area contributed by atoms with Gasteiger partial charge in [-0.2, -0.15) is 26.3 Å². The van der Waals surface area contributed by atoms with Gasteiger partial charge in [0, 0.05) is 5.69 Å². The largest absolute Gasteiger partial charge is 0.416 e. The summed E-state index contributed by atoms with van der Waals surface area (Å²) in [5.74, 6) is -2.71. The van der Waals surface area contributed by atoms with E-state index in [1.165, 1.54) is 24.3 Å². The van der Waals surface area contributed by atoms with E-state index in [4.69, 9.17) is 0 Å². The Morgan fingerprint density at radius 1 is 0.867 bits per heavy atom. The number of imide groups is 1. The van der Waals surface area contributed by atoms with Crippen LogP contribution in [0.3, 0.4) is 0 Å². The lowest BCUT2D eigenvalue weighted by atomic mass is 10.1. The Morgan fingerprint density at radius 2 is 1.30 bits per heavy atom. The third-order valence-corrected chi connectivity index (χ3v) is 4.45. The maximum absolute atomic E-state index is 13.0. The summed E-state index contributed by atoms with van der Waals surface area (Å²) < 4.78 is 77.7. The highest BCUT2D eigenvalue weighted by atomic mass is 19.4. The number of nitrogens with one attached hydrogen (secondary N) is 1. The van der Waals surface area contributed by atoms with Gasteiger partial charge in [-0.15, -0.1) is 0 Å². The first-order valence-corrected chi connectivity index (χ1v) is 8.38. The quantitative estimate of drug-likeness (QED) is 0.582. The fourth-order valence-electron chi connectivity index (χ4n) is 2.95. The lowest BCUT2D eigenvalue weighted by Crippen LogP contribution is -2.45. The molecule has 1 unspecified atom stereocenters. The van der Waals surface area contributed by atoms with Crippen molar-refractivity contribution in [1.82, 2.24) is 4.90 Å². The van der Waals surface area contributed by atoms with Crippen molar-refractivity contribution >= 4 is 23.4 Å². The van der Waals surface area contributed by atoms with Crippen LogP contribution in [-0.4, -0.2) is 28.7 Å². The predicted octanol–water partition coefficient (Wildman–Crippen LogP) is 4.35. The van der Waals surface area contributed by atoms with Crippen molar-refractivity contribution in [2.45, 2.75) is 25.3 Å². The highest BCUT2D eigenvalue weighted by Crippen LogP contribution is 2.37. The zero-order valence-corrected chi connectivity index (χ0v) is 15.1. The van der Waals surface area contributed by atoms with Gasteiger partial charge in [-0.25, -0.2) is 0 Å². The number of benzene rings is 2. The van der Waals surface area contributed by atoms with E-state index in [0.29, 0.717) is 17.0 Å². The van der Waals surface area contributed by atoms with Crippen LogP contribution >= 0.6 is 0 Å². The molecule has 1 atom stereocenters. The third kappa shape index (κ3) is 3.87. The van der Waals surface area contributed by atoms with Crippen LogP contribution in [0.2, 0.25) is 0 Å². The first kappa shape index (κ1) is 21.3. The van der Waals surface area contributed by atoms with Gasteiger partial charge in [-0.05, 0) is 37.3 Å². The molecule has 1 aliphatic heterocycles. The molecule has 0 fully saturated rings. The van der Waals surface area contributed by atoms with Gasteiger partial charge in [0.05, 0.1) is 22.3 Å². The molecule has 2 aromatic rings. The Hall–Kier alpha value is -3.37. The van der Waals surface area contributed by atoms with Crippen LogP contribution in [0.25, 0.3) is 0 Å². The number of hydrogen-bond acceptors (Lipinski definition) is 3. The Balaban J connectivity index is 1.89. The summed E-state index contributed by atoms with van der Waals surface area (Å²) in [6.07, 6.45) is -10.2. The van der Waals surface area contributed by atoms with E-state index in [-0.39, 0.29) is 17.2 Å². The zero-order chi connectivity index (χ0) is 22.4. The summed E-state index contributed by atoms with van der Waals surface area (Å²) in [6, 6.07) is 4.83. The molecule has 11 heteroatoms. The molecule has 1 N–H and O–H groups in total. The van der Waals surface area contributed by atoms with Crippen molar-refractivity contribution in [2.75, 3.05) is 5.32 Å². The Bertz CT molecular complexity index is 978. The molecule has 2 aromatic carbocycles. The molecule has 30 heavy (non-hydrogen) atoms. The predicted molar refractivity (Wildman–Crippen MR) is 91.5 cm³/mol. The first-order chi connectivity index (χ1) is 13.8. The number of carbonyl (C=O) groups excluding carboxylic acids is 3. The Morgan fingerprint density at radius 3 is 1.70 bits per heavy atom. The highest BCUT2D eigenvalue weighted by molar-refractivity contribution is 6.23. The second kappa shape index (κ2) is 7.15. The minimum Gasteiger partial charge on any atom is -0.324 e. The van der Waals surface area contributed by atoms with Crippen LogP contribution in [0.4, 0.5) is 32.0 Å². The molecule has 3 rings (SSSR count). The molecule has 0 radical (unpaired) electrons. The van der Waals surface area contributed by atoms with Crippen LogP contribution in [0.5, 0.6) is 0 Å². The SMILES string of the molecule is CC(C(=O)Nc1cc(C(F)(F)F)cc(C(F)(F)F)c1)N1C(=O)c2ccccc2C1=O. The van der Waals surface area contributed by atoms with E-state index in [0.717, 1.165) is 6.92 Å². The van der Waals surface area contributed by atoms with Crippen LogP contribution in [0.15, 0.2) is 42.5 Å². The number of carbonyl (C=O) groups is 3. The zero-order valence-electron chi connectivity index (χ0n) is 15.1. The van der Waals surface area contributed by atoms with Crippen LogP contribution in [0, 0.1) is 0 Å². The molecular formula is C19H12F6N2O3. The van der Waals surface area contributed by atoms with Gasteiger partial charge in [0.15, 0.2) is 0 Å². The molecule has 0 saturated heterocycles. The topological polar surface area (TPSA) is 66.5 Å². The van der Waals surface area contributed by atoms with Gasteiger partial charge in [0.2, 0.25) is 5.91 Å². The van der Waals surface area contributed by atoms with Gasteiger partial charge < -0.3 is 5.32 Å². The van der Waals surface area contributed by atoms with Crippen molar-refractivity contribution in [1.29, 1.82) is 0 Å². The second-order valence-electron chi connectivity index (χ2n) is 6.49. The molecule has 3 amide bonds. The van der Waals surface area contributed by atoms with E-state index >= 15 is 0 Å². The molecule has 0 aromatic heterocycles. The summed E-state index contributed by atoms with van der Waals surface area (Å²) >= 11 is 0. The molecule has 0 spiro atoms. The second-order valence-corrected chi connectivity index (χ2v) is 6.49. The van der Waals surface area contributed by atoms with E-state index in [2.05, 4.69) is 0 Å². The number of alkyl halides is 6. The van der Waals surface area contributed by atoms with E-state index in [1.54, 1.807) is 0 Å². The van der Waals surface area contributed by atoms with Crippen molar-refractivity contribution in [3.05, 3.63) is 64.7 Å². The molecule has 1 aliphatic rings. The number of amides is 3. The van der Waals surface area contributed by atoms with Crippen LogP contribution in [0.1, 0.15) is 38.8 Å². The molecule has 0 bridgehead atoms. The maximum Gasteiger partial charge on any atom is 0.416 e. The number of fused-ring (bicyclic) bond motifs is 1. The Kier molecular flexibility index (Phi) is 5.09. The lowest BCUT2D eigenvalue weighted by Gasteiger charge is -2.22. The van der Waals surface area contributed by atoms with Crippen LogP contribution < -0.4 is 5.32 Å². The fraction of sp³-hybridized carbons (Fsp3) is 0.211. The van der Waals surface area contributed by atoms with E-state index < -0.39 is 52.9 Å². The van der Waals surface area contributed by atoms with Gasteiger partial charge >= 0.3 is 12.4 Å². The van der Waals surface area contributed by atoms with Gasteiger partial charge in [-0.3, -0.25) is 19.3 Å². The molecule has 0 saturated carbocycles. The smallest absolute Gasteiger partial charge is 0.324 e. The standard InChI is InChI=1S/C19H12F6N2O3/c1-9(27-16(29)13-4-2-3-5-14(13)17(27)30)15(28)26-12-7-10(18(20,21)22)6-11(8-12)19(23,24)25/h2-9H,1H3,(H,26,28). The summed E-state index contributed by atoms with van der Waals surface area (Å²) in [5.41, 5.74) is -3.91. The molecule has 1 heterocycles. The summed E-state index contributed by atoms with van der Waals surface area (Å²) in [4.78, 5) is 37.8. The van der Waals surface area contributed by atoms with Gasteiger partial charge in [0.25, 0.3) is 11.8 Å². The third-order valence-electron chi connectivity index (χ3n) is 4.45. The number of hydrogen-bond donors (Lipinski definition) is 1. The summed E-state index contributed by atoms with van der Waals surface area (Å²) in [5, 5.41) is 1.93. The average molecular weight is 430 g/mol. The molecular weight excluding hydrogens is 418 g/mol. The van der Waals surface area contributed by atoms with Crippen molar-refractivity contribution < 1.29 is 40.7 Å².